The molecular weight excluding hydrogens is 266 g/mol. The fraction of sp³-hybridized carbons (Fsp3) is 0.529. The van der Waals surface area contributed by atoms with Gasteiger partial charge in [0.25, 0.3) is 0 Å². The molecule has 0 radical (unpaired) electrons. The Bertz CT molecular complexity index is 549. The molecule has 4 heteroatoms. The van der Waals surface area contributed by atoms with Crippen LogP contribution in [0.5, 0.6) is 0 Å². The molecule has 1 aliphatic carbocycles. The van der Waals surface area contributed by atoms with Gasteiger partial charge < -0.3 is 10.4 Å². The quantitative estimate of drug-likeness (QED) is 0.844. The average Bonchev–Trinajstić information content (AvgIpc) is 2.85. The van der Waals surface area contributed by atoms with Gasteiger partial charge in [0.05, 0.1) is 11.8 Å². The first kappa shape index (κ1) is 15.5. The lowest BCUT2D eigenvalue weighted by Gasteiger charge is -2.18. The van der Waals surface area contributed by atoms with Crippen LogP contribution in [0.25, 0.3) is 0 Å². The second-order valence-corrected chi connectivity index (χ2v) is 6.42. The zero-order valence-corrected chi connectivity index (χ0v) is 12.7. The predicted molar refractivity (Wildman–Crippen MR) is 81.2 cm³/mol. The van der Waals surface area contributed by atoms with Crippen molar-refractivity contribution in [3.05, 3.63) is 34.9 Å². The van der Waals surface area contributed by atoms with E-state index in [1.54, 1.807) is 13.8 Å². The topological polar surface area (TPSA) is 66.4 Å². The third-order valence-corrected chi connectivity index (χ3v) is 4.18. The number of benzene rings is 1. The Morgan fingerprint density at radius 3 is 2.67 bits per heavy atom. The number of rotatable bonds is 6. The largest absolute Gasteiger partial charge is 0.481 e. The summed E-state index contributed by atoms with van der Waals surface area (Å²) in [5.74, 6) is -0.885. The van der Waals surface area contributed by atoms with Crippen molar-refractivity contribution in [2.75, 3.05) is 6.54 Å². The van der Waals surface area contributed by atoms with Crippen LogP contribution in [0.4, 0.5) is 0 Å². The fourth-order valence-electron chi connectivity index (χ4n) is 2.60. The number of hydrogen-bond acceptors (Lipinski definition) is 2. The maximum Gasteiger partial charge on any atom is 0.309 e. The van der Waals surface area contributed by atoms with Crippen molar-refractivity contribution < 1.29 is 14.7 Å². The summed E-state index contributed by atoms with van der Waals surface area (Å²) in [4.78, 5) is 22.9. The highest BCUT2D eigenvalue weighted by Crippen LogP contribution is 2.23. The van der Waals surface area contributed by atoms with Crippen LogP contribution in [0.2, 0.25) is 0 Å². The molecule has 0 aromatic heterocycles. The molecule has 1 amide bonds. The van der Waals surface area contributed by atoms with Crippen LogP contribution in [0.15, 0.2) is 18.2 Å². The van der Waals surface area contributed by atoms with Crippen molar-refractivity contribution in [1.29, 1.82) is 0 Å². The van der Waals surface area contributed by atoms with E-state index in [1.807, 2.05) is 6.07 Å². The van der Waals surface area contributed by atoms with Gasteiger partial charge in [-0.3, -0.25) is 9.59 Å². The minimum Gasteiger partial charge on any atom is -0.481 e. The van der Waals surface area contributed by atoms with E-state index in [0.29, 0.717) is 19.4 Å². The number of carboxylic acids is 1. The Balaban J connectivity index is 1.81. The smallest absolute Gasteiger partial charge is 0.309 e. The van der Waals surface area contributed by atoms with Gasteiger partial charge >= 0.3 is 5.97 Å². The molecule has 0 atom stereocenters. The van der Waals surface area contributed by atoms with Crippen molar-refractivity contribution in [2.45, 2.75) is 46.0 Å². The summed E-state index contributed by atoms with van der Waals surface area (Å²) >= 11 is 0. The Morgan fingerprint density at radius 1 is 1.24 bits per heavy atom. The lowest BCUT2D eigenvalue weighted by Crippen LogP contribution is -2.32. The zero-order valence-electron chi connectivity index (χ0n) is 12.7. The van der Waals surface area contributed by atoms with Gasteiger partial charge in [-0.1, -0.05) is 18.2 Å². The predicted octanol–water partition coefficient (Wildman–Crippen LogP) is 2.33. The zero-order chi connectivity index (χ0) is 15.5. The van der Waals surface area contributed by atoms with E-state index in [1.165, 1.54) is 17.5 Å². The Kier molecular flexibility index (Phi) is 4.66. The maximum atomic E-state index is 11.9. The molecule has 0 fully saturated rings. The van der Waals surface area contributed by atoms with Gasteiger partial charge in [-0.25, -0.2) is 0 Å². The normalized spacial score (nSPS) is 13.8. The lowest BCUT2D eigenvalue weighted by atomic mass is 9.90. The molecule has 0 aliphatic heterocycles. The number of amides is 1. The van der Waals surface area contributed by atoms with Crippen molar-refractivity contribution in [3.8, 4) is 0 Å². The third-order valence-electron chi connectivity index (χ3n) is 4.18. The second-order valence-electron chi connectivity index (χ2n) is 6.42. The van der Waals surface area contributed by atoms with Gasteiger partial charge in [-0.2, -0.15) is 0 Å². The van der Waals surface area contributed by atoms with Gasteiger partial charge in [-0.15, -0.1) is 0 Å². The number of carbonyl (C=O) groups excluding carboxylic acids is 1. The summed E-state index contributed by atoms with van der Waals surface area (Å²) in [5.41, 5.74) is 3.00. The van der Waals surface area contributed by atoms with E-state index in [9.17, 15) is 9.59 Å². The summed E-state index contributed by atoms with van der Waals surface area (Å²) < 4.78 is 0. The molecule has 2 rings (SSSR count). The average molecular weight is 289 g/mol. The van der Waals surface area contributed by atoms with E-state index in [4.69, 9.17) is 5.11 Å². The van der Waals surface area contributed by atoms with Gasteiger partial charge in [0.15, 0.2) is 0 Å². The summed E-state index contributed by atoms with van der Waals surface area (Å²) in [6, 6.07) is 6.27. The first-order valence-corrected chi connectivity index (χ1v) is 7.49. The third kappa shape index (κ3) is 4.06. The number of aliphatic carboxylic acids is 1. The molecular formula is C17H23NO3. The van der Waals surface area contributed by atoms with E-state index in [2.05, 4.69) is 17.4 Å². The first-order valence-electron chi connectivity index (χ1n) is 7.49. The molecule has 0 saturated heterocycles. The highest BCUT2D eigenvalue weighted by molar-refractivity contribution is 5.79. The summed E-state index contributed by atoms with van der Waals surface area (Å²) in [7, 11) is 0. The molecule has 2 N–H and O–H groups in total. The van der Waals surface area contributed by atoms with Gasteiger partial charge in [-0.05, 0) is 56.2 Å². The lowest BCUT2D eigenvalue weighted by molar-refractivity contribution is -0.147. The number of hydrogen-bond donors (Lipinski definition) is 2. The molecule has 1 aromatic rings. The second kappa shape index (κ2) is 6.29. The summed E-state index contributed by atoms with van der Waals surface area (Å²) in [5, 5.41) is 11.8. The fourth-order valence-corrected chi connectivity index (χ4v) is 2.60. The highest BCUT2D eigenvalue weighted by Gasteiger charge is 2.26. The minimum absolute atomic E-state index is 0.0471. The SMILES string of the molecule is CC(C)(CCNC(=O)Cc1ccc2c(c1)CCC2)C(=O)O. The number of carbonyl (C=O) groups is 2. The van der Waals surface area contributed by atoms with Crippen molar-refractivity contribution in [3.63, 3.8) is 0 Å². The van der Waals surface area contributed by atoms with Crippen LogP contribution in [0.3, 0.4) is 0 Å². The number of nitrogens with one attached hydrogen (secondary N) is 1. The van der Waals surface area contributed by atoms with Crippen LogP contribution in [0.1, 0.15) is 43.4 Å². The molecule has 1 aromatic carbocycles. The number of aryl methyl sites for hydroxylation is 2. The van der Waals surface area contributed by atoms with Crippen LogP contribution in [0, 0.1) is 5.41 Å². The monoisotopic (exact) mass is 289 g/mol. The molecule has 0 bridgehead atoms. The molecule has 4 nitrogen and oxygen atoms in total. The maximum absolute atomic E-state index is 11.9. The van der Waals surface area contributed by atoms with Crippen LogP contribution in [-0.2, 0) is 28.9 Å². The van der Waals surface area contributed by atoms with E-state index in [-0.39, 0.29) is 5.91 Å². The van der Waals surface area contributed by atoms with E-state index < -0.39 is 11.4 Å². The standard InChI is InChI=1S/C17H23NO3/c1-17(2,16(20)21)8-9-18-15(19)11-12-6-7-13-4-3-5-14(13)10-12/h6-7,10H,3-5,8-9,11H2,1-2H3,(H,18,19)(H,20,21). The molecule has 0 unspecified atom stereocenters. The van der Waals surface area contributed by atoms with Crippen molar-refractivity contribution >= 4 is 11.9 Å². The van der Waals surface area contributed by atoms with Gasteiger partial charge in [0.2, 0.25) is 5.91 Å². The number of carboxylic acid groups (broad SMARTS) is 1. The number of fused-ring (bicyclic) bond motifs is 1. The van der Waals surface area contributed by atoms with Crippen molar-refractivity contribution in [1.82, 2.24) is 5.32 Å². The van der Waals surface area contributed by atoms with E-state index in [0.717, 1.165) is 18.4 Å². The molecule has 0 spiro atoms. The molecule has 0 saturated carbocycles. The molecule has 21 heavy (non-hydrogen) atoms. The Hall–Kier alpha value is -1.84. The van der Waals surface area contributed by atoms with Gasteiger partial charge in [0.1, 0.15) is 0 Å². The molecule has 1 aliphatic rings. The van der Waals surface area contributed by atoms with Crippen LogP contribution < -0.4 is 5.32 Å². The summed E-state index contributed by atoms with van der Waals surface area (Å²) in [6.45, 7) is 3.73. The van der Waals surface area contributed by atoms with Gasteiger partial charge in [0, 0.05) is 6.54 Å². The molecule has 114 valence electrons. The highest BCUT2D eigenvalue weighted by atomic mass is 16.4. The molecule has 0 heterocycles. The Morgan fingerprint density at radius 2 is 1.95 bits per heavy atom. The Labute approximate surface area is 125 Å². The van der Waals surface area contributed by atoms with Crippen LogP contribution in [-0.4, -0.2) is 23.5 Å². The van der Waals surface area contributed by atoms with Crippen LogP contribution >= 0.6 is 0 Å². The summed E-state index contributed by atoms with van der Waals surface area (Å²) in [6.07, 6.45) is 4.25. The minimum atomic E-state index is -0.838. The first-order chi connectivity index (χ1) is 9.88. The van der Waals surface area contributed by atoms with E-state index >= 15 is 0 Å². The van der Waals surface area contributed by atoms with Crippen molar-refractivity contribution in [2.24, 2.45) is 5.41 Å².